The highest BCUT2D eigenvalue weighted by Crippen LogP contribution is 2.29. The van der Waals surface area contributed by atoms with Crippen LogP contribution in [0.2, 0.25) is 0 Å². The van der Waals surface area contributed by atoms with Crippen LogP contribution >= 0.6 is 0 Å². The van der Waals surface area contributed by atoms with E-state index in [1.807, 2.05) is 66.7 Å². The van der Waals surface area contributed by atoms with Crippen LogP contribution in [0.3, 0.4) is 0 Å². The molecule has 0 aliphatic heterocycles. The van der Waals surface area contributed by atoms with E-state index in [4.69, 9.17) is 4.74 Å². The van der Waals surface area contributed by atoms with Crippen molar-refractivity contribution >= 4 is 5.91 Å². The molecule has 0 unspecified atom stereocenters. The second-order valence-electron chi connectivity index (χ2n) is 5.68. The van der Waals surface area contributed by atoms with Gasteiger partial charge in [0.15, 0.2) is 6.61 Å². The predicted octanol–water partition coefficient (Wildman–Crippen LogP) is 3.59. The van der Waals surface area contributed by atoms with Gasteiger partial charge in [0.1, 0.15) is 5.75 Å². The van der Waals surface area contributed by atoms with Gasteiger partial charge in [-0.15, -0.1) is 0 Å². The number of rotatable bonds is 6. The first-order chi connectivity index (χ1) is 11.7. The number of hydrogen-bond acceptors (Lipinski definition) is 3. The van der Waals surface area contributed by atoms with Gasteiger partial charge in [-0.3, -0.25) is 15.6 Å². The van der Waals surface area contributed by atoms with Crippen LogP contribution in [0.25, 0.3) is 11.1 Å². The van der Waals surface area contributed by atoms with E-state index in [0.717, 1.165) is 23.2 Å². The van der Waals surface area contributed by atoms with Crippen LogP contribution in [0.4, 0.5) is 0 Å². The van der Waals surface area contributed by atoms with Crippen molar-refractivity contribution in [1.29, 1.82) is 0 Å². The van der Waals surface area contributed by atoms with Crippen LogP contribution in [-0.4, -0.2) is 12.5 Å². The lowest BCUT2D eigenvalue weighted by Crippen LogP contribution is -2.39. The van der Waals surface area contributed by atoms with E-state index in [9.17, 15) is 4.79 Å². The number of hydrogen-bond donors (Lipinski definition) is 2. The fourth-order valence-electron chi connectivity index (χ4n) is 2.51. The van der Waals surface area contributed by atoms with Gasteiger partial charge in [0.2, 0.25) is 0 Å². The van der Waals surface area contributed by atoms with E-state index >= 15 is 0 Å². The summed E-state index contributed by atoms with van der Waals surface area (Å²) in [4.78, 5) is 12.0. The van der Waals surface area contributed by atoms with Crippen LogP contribution in [0.5, 0.6) is 5.75 Å². The summed E-state index contributed by atoms with van der Waals surface area (Å²) in [5.41, 5.74) is 9.75. The zero-order valence-electron chi connectivity index (χ0n) is 13.6. The quantitative estimate of drug-likeness (QED) is 0.800. The summed E-state index contributed by atoms with van der Waals surface area (Å²) in [6.07, 6.45) is 4.95. The summed E-state index contributed by atoms with van der Waals surface area (Å²) in [5.74, 6) is 0.464. The first kappa shape index (κ1) is 15.9. The molecule has 0 fully saturated rings. The van der Waals surface area contributed by atoms with Crippen LogP contribution in [0.15, 0.2) is 78.0 Å². The van der Waals surface area contributed by atoms with Crippen LogP contribution < -0.4 is 15.6 Å². The zero-order chi connectivity index (χ0) is 16.8. The third-order valence-corrected chi connectivity index (χ3v) is 3.72. The van der Waals surface area contributed by atoms with Crippen molar-refractivity contribution in [1.82, 2.24) is 10.9 Å². The third kappa shape index (κ3) is 4.04. The van der Waals surface area contributed by atoms with E-state index in [1.165, 1.54) is 5.57 Å². The van der Waals surface area contributed by atoms with Crippen LogP contribution in [-0.2, 0) is 4.79 Å². The Bertz CT molecular complexity index is 779. The molecule has 0 heterocycles. The van der Waals surface area contributed by atoms with Crippen molar-refractivity contribution in [2.45, 2.75) is 13.3 Å². The predicted molar refractivity (Wildman–Crippen MR) is 95.1 cm³/mol. The van der Waals surface area contributed by atoms with Crippen molar-refractivity contribution in [3.63, 3.8) is 0 Å². The van der Waals surface area contributed by atoms with E-state index < -0.39 is 0 Å². The van der Waals surface area contributed by atoms with Crippen molar-refractivity contribution in [3.8, 4) is 16.9 Å². The summed E-state index contributed by atoms with van der Waals surface area (Å²) >= 11 is 0. The molecule has 1 aliphatic rings. The van der Waals surface area contributed by atoms with Gasteiger partial charge in [0, 0.05) is 5.56 Å². The first-order valence-corrected chi connectivity index (χ1v) is 7.92. The van der Waals surface area contributed by atoms with Crippen molar-refractivity contribution in [3.05, 3.63) is 78.0 Å². The molecule has 4 heteroatoms. The van der Waals surface area contributed by atoms with Crippen molar-refractivity contribution in [2.24, 2.45) is 0 Å². The minimum absolute atomic E-state index is 0.0488. The lowest BCUT2D eigenvalue weighted by molar-refractivity contribution is -0.123. The van der Waals surface area contributed by atoms with E-state index in [2.05, 4.69) is 17.8 Å². The topological polar surface area (TPSA) is 50.4 Å². The lowest BCUT2D eigenvalue weighted by atomic mass is 10.1. The van der Waals surface area contributed by atoms with Gasteiger partial charge in [-0.05, 0) is 31.1 Å². The molecule has 0 saturated carbocycles. The number of nitrogens with one attached hydrogen (secondary N) is 2. The molecule has 24 heavy (non-hydrogen) atoms. The number of hydrazine groups is 1. The maximum atomic E-state index is 12.0. The van der Waals surface area contributed by atoms with Gasteiger partial charge in [-0.25, -0.2) is 0 Å². The van der Waals surface area contributed by atoms with Gasteiger partial charge >= 0.3 is 0 Å². The Morgan fingerprint density at radius 1 is 1.08 bits per heavy atom. The molecule has 0 spiro atoms. The standard InChI is InChI=1S/C20H20N2O2/c1-15-11-12-17(13-15)21-22-20(23)14-24-19-10-6-5-9-18(19)16-7-3-2-4-8-16/h2-10,12-13,21H,11,14H2,1H3,(H,22,23). The highest BCUT2D eigenvalue weighted by Gasteiger charge is 2.09. The van der Waals surface area contributed by atoms with Crippen molar-refractivity contribution < 1.29 is 9.53 Å². The number of ether oxygens (including phenoxy) is 1. The highest BCUT2D eigenvalue weighted by atomic mass is 16.5. The molecule has 122 valence electrons. The van der Waals surface area contributed by atoms with Gasteiger partial charge in [0.25, 0.3) is 5.91 Å². The Hall–Kier alpha value is -3.01. The molecule has 4 nitrogen and oxygen atoms in total. The van der Waals surface area contributed by atoms with E-state index in [-0.39, 0.29) is 12.5 Å². The average Bonchev–Trinajstić information content (AvgIpc) is 3.04. The molecule has 2 aromatic carbocycles. The Balaban J connectivity index is 1.58. The second-order valence-corrected chi connectivity index (χ2v) is 5.68. The molecular weight excluding hydrogens is 300 g/mol. The largest absolute Gasteiger partial charge is 0.483 e. The maximum Gasteiger partial charge on any atom is 0.276 e. The third-order valence-electron chi connectivity index (χ3n) is 3.72. The van der Waals surface area contributed by atoms with E-state index in [0.29, 0.717) is 5.75 Å². The second kappa shape index (κ2) is 7.51. The molecule has 3 rings (SSSR count). The average molecular weight is 320 g/mol. The summed E-state index contributed by atoms with van der Waals surface area (Å²) in [6, 6.07) is 17.7. The summed E-state index contributed by atoms with van der Waals surface area (Å²) in [7, 11) is 0. The normalized spacial score (nSPS) is 13.0. The summed E-state index contributed by atoms with van der Waals surface area (Å²) in [5, 5.41) is 0. The van der Waals surface area contributed by atoms with Crippen LogP contribution in [0, 0.1) is 0 Å². The Morgan fingerprint density at radius 2 is 1.83 bits per heavy atom. The fourth-order valence-corrected chi connectivity index (χ4v) is 2.51. The number of carbonyl (C=O) groups is 1. The zero-order valence-corrected chi connectivity index (χ0v) is 13.6. The lowest BCUT2D eigenvalue weighted by Gasteiger charge is -2.12. The Morgan fingerprint density at radius 3 is 2.58 bits per heavy atom. The SMILES string of the molecule is CC1=CC(NNC(=O)COc2ccccc2-c2ccccc2)=CC1. The Labute approximate surface area is 141 Å². The molecule has 0 aromatic heterocycles. The maximum absolute atomic E-state index is 12.0. The monoisotopic (exact) mass is 320 g/mol. The number of para-hydroxylation sites is 1. The molecule has 1 amide bonds. The molecule has 0 bridgehead atoms. The number of benzene rings is 2. The minimum Gasteiger partial charge on any atom is -0.483 e. The molecular formula is C20H20N2O2. The number of allylic oxidation sites excluding steroid dienone is 3. The van der Waals surface area contributed by atoms with Crippen LogP contribution in [0.1, 0.15) is 13.3 Å². The van der Waals surface area contributed by atoms with E-state index in [1.54, 1.807) is 0 Å². The number of amides is 1. The smallest absolute Gasteiger partial charge is 0.276 e. The van der Waals surface area contributed by atoms with Crippen molar-refractivity contribution in [2.75, 3.05) is 6.61 Å². The molecule has 0 saturated heterocycles. The molecule has 2 N–H and O–H groups in total. The molecule has 0 atom stereocenters. The molecule has 0 radical (unpaired) electrons. The highest BCUT2D eigenvalue weighted by molar-refractivity contribution is 5.78. The first-order valence-electron chi connectivity index (χ1n) is 7.92. The number of carbonyl (C=O) groups excluding carboxylic acids is 1. The fraction of sp³-hybridized carbons (Fsp3) is 0.150. The summed E-state index contributed by atoms with van der Waals surface area (Å²) < 4.78 is 5.70. The minimum atomic E-state index is -0.225. The molecule has 2 aromatic rings. The van der Waals surface area contributed by atoms with Gasteiger partial charge in [0.05, 0.1) is 5.70 Å². The van der Waals surface area contributed by atoms with Gasteiger partial charge in [-0.2, -0.15) is 0 Å². The summed E-state index contributed by atoms with van der Waals surface area (Å²) in [6.45, 7) is 2.00. The Kier molecular flexibility index (Phi) is 4.96. The molecule has 1 aliphatic carbocycles. The van der Waals surface area contributed by atoms with Gasteiger partial charge in [-0.1, -0.05) is 60.2 Å². The van der Waals surface area contributed by atoms with Gasteiger partial charge < -0.3 is 4.74 Å².